The molecule has 0 fully saturated rings. The lowest BCUT2D eigenvalue weighted by molar-refractivity contribution is -0.384. The van der Waals surface area contributed by atoms with Crippen LogP contribution >= 0.6 is 0 Å². The van der Waals surface area contributed by atoms with Crippen molar-refractivity contribution in [1.82, 2.24) is 4.98 Å². The molecular weight excluding hydrogens is 384 g/mol. The maximum Gasteiger partial charge on any atom is 0.344 e. The first kappa shape index (κ1) is 21.6. The molecule has 1 aromatic carbocycles. The minimum atomic E-state index is -1.12. The van der Waals surface area contributed by atoms with Gasteiger partial charge in [0.15, 0.2) is 12.7 Å². The molecule has 1 N–H and O–H groups in total. The molecule has 1 heterocycles. The van der Waals surface area contributed by atoms with Gasteiger partial charge in [0.05, 0.1) is 23.3 Å². The van der Waals surface area contributed by atoms with Crippen LogP contribution in [-0.4, -0.2) is 47.4 Å². The van der Waals surface area contributed by atoms with E-state index in [2.05, 4.69) is 4.98 Å². The van der Waals surface area contributed by atoms with E-state index >= 15 is 0 Å². The van der Waals surface area contributed by atoms with Crippen LogP contribution in [0.4, 0.5) is 5.69 Å². The zero-order valence-electron chi connectivity index (χ0n) is 16.3. The van der Waals surface area contributed by atoms with Crippen molar-refractivity contribution in [2.24, 2.45) is 0 Å². The molecule has 0 unspecified atom stereocenters. The summed E-state index contributed by atoms with van der Waals surface area (Å²) in [5.74, 6) is -1.63. The van der Waals surface area contributed by atoms with Gasteiger partial charge in [0.25, 0.3) is 5.69 Å². The van der Waals surface area contributed by atoms with Gasteiger partial charge in [-0.25, -0.2) is 9.59 Å². The molecule has 10 nitrogen and oxygen atoms in total. The van der Waals surface area contributed by atoms with Gasteiger partial charge in [0.1, 0.15) is 5.75 Å². The number of esters is 2. The Morgan fingerprint density at radius 3 is 2.34 bits per heavy atom. The second-order valence-corrected chi connectivity index (χ2v) is 6.15. The fourth-order valence-corrected chi connectivity index (χ4v) is 2.70. The summed E-state index contributed by atoms with van der Waals surface area (Å²) in [7, 11) is 1.24. The number of nitrogens with one attached hydrogen (secondary N) is 1. The Labute approximate surface area is 165 Å². The van der Waals surface area contributed by atoms with Crippen LogP contribution < -0.4 is 4.74 Å². The van der Waals surface area contributed by atoms with Crippen LogP contribution in [-0.2, 0) is 14.3 Å². The number of Topliss-reactive ketones (excluding diaryl/α,β-unsaturated/α-hetero) is 1. The fourth-order valence-electron chi connectivity index (χ4n) is 2.70. The molecule has 0 aliphatic rings. The van der Waals surface area contributed by atoms with Crippen LogP contribution in [0.25, 0.3) is 0 Å². The van der Waals surface area contributed by atoms with E-state index in [-0.39, 0.29) is 22.7 Å². The number of aryl methyl sites for hydroxylation is 1. The van der Waals surface area contributed by atoms with E-state index in [1.54, 1.807) is 13.8 Å². The Morgan fingerprint density at radius 2 is 1.79 bits per heavy atom. The van der Waals surface area contributed by atoms with Gasteiger partial charge < -0.3 is 19.2 Å². The van der Waals surface area contributed by atoms with E-state index in [1.807, 2.05) is 0 Å². The molecule has 0 aliphatic carbocycles. The first-order chi connectivity index (χ1) is 13.6. The van der Waals surface area contributed by atoms with Crippen LogP contribution in [0.2, 0.25) is 0 Å². The minimum Gasteiger partial charge on any atom is -0.482 e. The van der Waals surface area contributed by atoms with Gasteiger partial charge in [0, 0.05) is 17.8 Å². The standard InChI is InChI=1S/C19H20N2O8/c1-10-16(19(24)27-4)11(2)20-17(10)18(23)12(3)29-15(22)9-28-14-7-5-13(6-8-14)21(25)26/h5-8,12,20H,9H2,1-4H3/t12-/m0/s1. The number of nitro groups is 1. The van der Waals surface area contributed by atoms with Crippen molar-refractivity contribution in [1.29, 1.82) is 0 Å². The first-order valence-corrected chi connectivity index (χ1v) is 8.54. The van der Waals surface area contributed by atoms with Crippen molar-refractivity contribution in [3.8, 4) is 5.75 Å². The number of hydrogen-bond donors (Lipinski definition) is 1. The van der Waals surface area contributed by atoms with Crippen molar-refractivity contribution in [2.45, 2.75) is 26.9 Å². The lowest BCUT2D eigenvalue weighted by Crippen LogP contribution is -2.28. The number of ketones is 1. The second-order valence-electron chi connectivity index (χ2n) is 6.15. The molecule has 0 saturated heterocycles. The number of hydrogen-bond acceptors (Lipinski definition) is 8. The summed E-state index contributed by atoms with van der Waals surface area (Å²) in [6.45, 7) is 4.14. The Morgan fingerprint density at radius 1 is 1.17 bits per heavy atom. The number of carbonyl (C=O) groups is 3. The number of ether oxygens (including phenoxy) is 3. The number of nitrogens with zero attached hydrogens (tertiary/aromatic N) is 1. The maximum atomic E-state index is 12.6. The van der Waals surface area contributed by atoms with E-state index in [0.717, 1.165) is 0 Å². The van der Waals surface area contributed by atoms with Crippen LogP contribution in [0, 0.1) is 24.0 Å². The molecule has 10 heteroatoms. The van der Waals surface area contributed by atoms with Crippen molar-refractivity contribution in [2.75, 3.05) is 13.7 Å². The van der Waals surface area contributed by atoms with E-state index in [1.165, 1.54) is 38.3 Å². The summed E-state index contributed by atoms with van der Waals surface area (Å²) in [5, 5.41) is 10.6. The van der Waals surface area contributed by atoms with E-state index in [9.17, 15) is 24.5 Å². The average molecular weight is 404 g/mol. The topological polar surface area (TPSA) is 138 Å². The number of aromatic nitrogens is 1. The first-order valence-electron chi connectivity index (χ1n) is 8.54. The lowest BCUT2D eigenvalue weighted by Gasteiger charge is -2.13. The molecule has 2 aromatic rings. The number of methoxy groups -OCH3 is 1. The van der Waals surface area contributed by atoms with Gasteiger partial charge in [-0.15, -0.1) is 0 Å². The maximum absolute atomic E-state index is 12.6. The lowest BCUT2D eigenvalue weighted by atomic mass is 10.1. The Kier molecular flexibility index (Phi) is 6.71. The molecule has 1 atom stereocenters. The highest BCUT2D eigenvalue weighted by atomic mass is 16.6. The number of carbonyl (C=O) groups excluding carboxylic acids is 3. The van der Waals surface area contributed by atoms with Gasteiger partial charge in [-0.2, -0.15) is 0 Å². The van der Waals surface area contributed by atoms with Gasteiger partial charge in [-0.3, -0.25) is 14.9 Å². The van der Waals surface area contributed by atoms with E-state index in [4.69, 9.17) is 14.2 Å². The summed E-state index contributed by atoms with van der Waals surface area (Å²) in [6, 6.07) is 5.17. The summed E-state index contributed by atoms with van der Waals surface area (Å²) in [5.41, 5.74) is 1.18. The third kappa shape index (κ3) is 4.98. The molecule has 0 aliphatic heterocycles. The van der Waals surface area contributed by atoms with Gasteiger partial charge >= 0.3 is 11.9 Å². The van der Waals surface area contributed by atoms with Gasteiger partial charge in [-0.1, -0.05) is 0 Å². The zero-order valence-corrected chi connectivity index (χ0v) is 16.3. The van der Waals surface area contributed by atoms with Crippen LogP contribution in [0.3, 0.4) is 0 Å². The van der Waals surface area contributed by atoms with Crippen LogP contribution in [0.5, 0.6) is 5.75 Å². The van der Waals surface area contributed by atoms with E-state index in [0.29, 0.717) is 11.3 Å². The molecule has 0 radical (unpaired) electrons. The fraction of sp³-hybridized carbons (Fsp3) is 0.316. The van der Waals surface area contributed by atoms with E-state index < -0.39 is 35.4 Å². The number of benzene rings is 1. The second kappa shape index (κ2) is 9.00. The molecule has 0 spiro atoms. The molecule has 1 aromatic heterocycles. The van der Waals surface area contributed by atoms with Gasteiger partial charge in [-0.05, 0) is 38.5 Å². The third-order valence-electron chi connectivity index (χ3n) is 4.16. The van der Waals surface area contributed by atoms with Gasteiger partial charge in [0.2, 0.25) is 5.78 Å². The smallest absolute Gasteiger partial charge is 0.344 e. The molecular formula is C19H20N2O8. The number of non-ortho nitro benzene ring substituents is 1. The third-order valence-corrected chi connectivity index (χ3v) is 4.16. The number of H-pyrrole nitrogens is 1. The highest BCUT2D eigenvalue weighted by Gasteiger charge is 2.27. The predicted molar refractivity (Wildman–Crippen MR) is 100 cm³/mol. The number of aromatic amines is 1. The summed E-state index contributed by atoms with van der Waals surface area (Å²) in [6.07, 6.45) is -1.12. The molecule has 0 saturated carbocycles. The Hall–Kier alpha value is -3.69. The minimum absolute atomic E-state index is 0.109. The molecule has 0 amide bonds. The molecule has 0 bridgehead atoms. The van der Waals surface area contributed by atoms with Crippen molar-refractivity contribution >= 4 is 23.4 Å². The zero-order chi connectivity index (χ0) is 21.7. The Bertz CT molecular complexity index is 946. The molecule has 154 valence electrons. The van der Waals surface area contributed by atoms with Crippen LogP contribution in [0.15, 0.2) is 24.3 Å². The quantitative estimate of drug-likeness (QED) is 0.306. The summed E-state index contributed by atoms with van der Waals surface area (Å²) < 4.78 is 15.0. The normalized spacial score (nSPS) is 11.4. The molecule has 2 rings (SSSR count). The molecule has 29 heavy (non-hydrogen) atoms. The van der Waals surface area contributed by atoms with Crippen molar-refractivity contribution < 1.29 is 33.5 Å². The predicted octanol–water partition coefficient (Wildman–Crippen LogP) is 2.52. The summed E-state index contributed by atoms with van der Waals surface area (Å²) in [4.78, 5) is 49.3. The Balaban J connectivity index is 1.98. The van der Waals surface area contributed by atoms with Crippen LogP contribution in [0.1, 0.15) is 39.0 Å². The SMILES string of the molecule is COC(=O)c1c(C)[nH]c(C(=O)[C@H](C)OC(=O)COc2ccc([N+](=O)[O-])cc2)c1C. The average Bonchev–Trinajstić information content (AvgIpc) is 2.99. The van der Waals surface area contributed by atoms with Crippen molar-refractivity contribution in [3.05, 3.63) is 56.9 Å². The highest BCUT2D eigenvalue weighted by molar-refractivity contribution is 6.03. The highest BCUT2D eigenvalue weighted by Crippen LogP contribution is 2.21. The summed E-state index contributed by atoms with van der Waals surface area (Å²) >= 11 is 0. The monoisotopic (exact) mass is 404 g/mol. The largest absolute Gasteiger partial charge is 0.482 e. The number of nitro benzene ring substituents is 1. The van der Waals surface area contributed by atoms with Crippen molar-refractivity contribution in [3.63, 3.8) is 0 Å². The number of rotatable bonds is 8.